The number of hydrogen-bond acceptors (Lipinski definition) is 4. The number of hydrogen-bond donors (Lipinski definition) is 0. The molecule has 0 N–H and O–H groups in total. The smallest absolute Gasteiger partial charge is 0.338 e. The summed E-state index contributed by atoms with van der Waals surface area (Å²) in [5.41, 5.74) is 0.929. The lowest BCUT2D eigenvalue weighted by molar-refractivity contribution is 0.0472. The molecule has 122 valence electrons. The van der Waals surface area contributed by atoms with Crippen molar-refractivity contribution in [2.75, 3.05) is 0 Å². The lowest BCUT2D eigenvalue weighted by atomic mass is 10.1. The predicted octanol–water partition coefficient (Wildman–Crippen LogP) is 3.74. The molecule has 0 aliphatic carbocycles. The average Bonchev–Trinajstić information content (AvgIpc) is 2.50. The van der Waals surface area contributed by atoms with E-state index in [-0.39, 0.29) is 12.2 Å². The first kappa shape index (κ1) is 15.9. The molecule has 0 aliphatic rings. The highest BCUT2D eigenvalue weighted by molar-refractivity contribution is 5.89. The Kier molecular flexibility index (Phi) is 4.12. The van der Waals surface area contributed by atoms with E-state index < -0.39 is 23.2 Å². The van der Waals surface area contributed by atoms with Crippen molar-refractivity contribution in [2.24, 2.45) is 0 Å². The molecule has 0 aliphatic heterocycles. The van der Waals surface area contributed by atoms with Crippen molar-refractivity contribution in [2.45, 2.75) is 13.5 Å². The van der Waals surface area contributed by atoms with Crippen LogP contribution < -0.4 is 5.63 Å². The summed E-state index contributed by atoms with van der Waals surface area (Å²) in [4.78, 5) is 23.6. The highest BCUT2D eigenvalue weighted by atomic mass is 19.1. The summed E-state index contributed by atoms with van der Waals surface area (Å²) in [5, 5.41) is 0.624. The summed E-state index contributed by atoms with van der Waals surface area (Å²) in [6, 6.07) is 8.92. The first-order chi connectivity index (χ1) is 11.4. The molecule has 0 atom stereocenters. The van der Waals surface area contributed by atoms with Crippen molar-refractivity contribution in [3.05, 3.63) is 81.2 Å². The van der Waals surface area contributed by atoms with Gasteiger partial charge < -0.3 is 9.15 Å². The van der Waals surface area contributed by atoms with Gasteiger partial charge in [0.15, 0.2) is 0 Å². The van der Waals surface area contributed by atoms with Gasteiger partial charge in [-0.25, -0.2) is 18.4 Å². The number of carbonyl (C=O) groups excluding carboxylic acids is 1. The number of esters is 1. The molecule has 3 aromatic rings. The van der Waals surface area contributed by atoms with Crippen LogP contribution in [0.1, 0.15) is 21.5 Å². The monoisotopic (exact) mass is 330 g/mol. The summed E-state index contributed by atoms with van der Waals surface area (Å²) < 4.78 is 36.5. The number of ether oxygens (including phenoxy) is 1. The standard InChI is InChI=1S/C18H12F2O4/c1-10-2-3-15-12(7-17(21)24-16(15)4-10)9-23-18(22)11-5-13(19)8-14(20)6-11/h2-8H,9H2,1H3. The molecule has 0 saturated carbocycles. The Bertz CT molecular complexity index is 972. The molecule has 0 radical (unpaired) electrons. The van der Waals surface area contributed by atoms with Gasteiger partial charge in [-0.2, -0.15) is 0 Å². The summed E-state index contributed by atoms with van der Waals surface area (Å²) in [6.07, 6.45) is 0. The van der Waals surface area contributed by atoms with Gasteiger partial charge in [-0.3, -0.25) is 0 Å². The first-order valence-corrected chi connectivity index (χ1v) is 7.09. The van der Waals surface area contributed by atoms with Crippen molar-refractivity contribution in [1.29, 1.82) is 0 Å². The van der Waals surface area contributed by atoms with Crippen molar-refractivity contribution in [3.8, 4) is 0 Å². The second kappa shape index (κ2) is 6.23. The first-order valence-electron chi connectivity index (χ1n) is 7.09. The Morgan fingerprint density at radius 2 is 1.79 bits per heavy atom. The van der Waals surface area contributed by atoms with Gasteiger partial charge in [0.1, 0.15) is 23.8 Å². The van der Waals surface area contributed by atoms with Crippen LogP contribution in [-0.4, -0.2) is 5.97 Å². The van der Waals surface area contributed by atoms with E-state index in [1.807, 2.05) is 13.0 Å². The van der Waals surface area contributed by atoms with E-state index in [0.29, 0.717) is 22.6 Å². The average molecular weight is 330 g/mol. The zero-order valence-electron chi connectivity index (χ0n) is 12.6. The van der Waals surface area contributed by atoms with Crippen molar-refractivity contribution >= 4 is 16.9 Å². The van der Waals surface area contributed by atoms with E-state index in [1.165, 1.54) is 6.07 Å². The zero-order chi connectivity index (χ0) is 17.3. The van der Waals surface area contributed by atoms with Gasteiger partial charge in [0.05, 0.1) is 5.56 Å². The summed E-state index contributed by atoms with van der Waals surface area (Å²) in [7, 11) is 0. The Labute approximate surface area is 135 Å². The number of rotatable bonds is 3. The van der Waals surface area contributed by atoms with Crippen LogP contribution in [-0.2, 0) is 11.3 Å². The summed E-state index contributed by atoms with van der Waals surface area (Å²) >= 11 is 0. The quantitative estimate of drug-likeness (QED) is 0.542. The maximum Gasteiger partial charge on any atom is 0.338 e. The van der Waals surface area contributed by atoms with E-state index in [9.17, 15) is 18.4 Å². The van der Waals surface area contributed by atoms with Crippen molar-refractivity contribution < 1.29 is 22.7 Å². The van der Waals surface area contributed by atoms with Crippen LogP contribution in [0, 0.1) is 18.6 Å². The number of fused-ring (bicyclic) bond motifs is 1. The Balaban J connectivity index is 1.88. The Hall–Kier alpha value is -3.02. The molecule has 24 heavy (non-hydrogen) atoms. The van der Waals surface area contributed by atoms with E-state index in [1.54, 1.807) is 12.1 Å². The van der Waals surface area contributed by atoms with Crippen LogP contribution in [0.25, 0.3) is 11.0 Å². The number of halogens is 2. The van der Waals surface area contributed by atoms with E-state index >= 15 is 0 Å². The number of carbonyl (C=O) groups is 1. The molecule has 1 aromatic heterocycles. The molecule has 0 bridgehead atoms. The normalized spacial score (nSPS) is 10.8. The molecule has 0 saturated heterocycles. The molecule has 0 unspecified atom stereocenters. The second-order valence-electron chi connectivity index (χ2n) is 5.32. The molecule has 3 rings (SSSR count). The van der Waals surface area contributed by atoms with E-state index in [4.69, 9.17) is 9.15 Å². The van der Waals surface area contributed by atoms with E-state index in [0.717, 1.165) is 17.7 Å². The minimum Gasteiger partial charge on any atom is -0.457 e. The molecule has 1 heterocycles. The Morgan fingerprint density at radius 1 is 1.08 bits per heavy atom. The minimum absolute atomic E-state index is 0.220. The topological polar surface area (TPSA) is 56.5 Å². The van der Waals surface area contributed by atoms with Crippen LogP contribution in [0.3, 0.4) is 0 Å². The fraction of sp³-hybridized carbons (Fsp3) is 0.111. The third-order valence-corrected chi connectivity index (χ3v) is 3.44. The molecule has 4 nitrogen and oxygen atoms in total. The summed E-state index contributed by atoms with van der Waals surface area (Å²) in [5.74, 6) is -2.63. The Morgan fingerprint density at radius 3 is 2.50 bits per heavy atom. The molecular formula is C18H12F2O4. The highest BCUT2D eigenvalue weighted by Gasteiger charge is 2.13. The maximum atomic E-state index is 13.1. The third-order valence-electron chi connectivity index (χ3n) is 3.44. The van der Waals surface area contributed by atoms with Gasteiger partial charge in [-0.15, -0.1) is 0 Å². The predicted molar refractivity (Wildman–Crippen MR) is 82.7 cm³/mol. The lowest BCUT2D eigenvalue weighted by Gasteiger charge is -2.08. The highest BCUT2D eigenvalue weighted by Crippen LogP contribution is 2.20. The fourth-order valence-corrected chi connectivity index (χ4v) is 2.35. The van der Waals surface area contributed by atoms with Gasteiger partial charge in [-0.05, 0) is 30.7 Å². The van der Waals surface area contributed by atoms with Crippen LogP contribution in [0.4, 0.5) is 8.78 Å². The number of aryl methyl sites for hydroxylation is 1. The molecule has 0 fully saturated rings. The van der Waals surface area contributed by atoms with E-state index in [2.05, 4.69) is 0 Å². The van der Waals surface area contributed by atoms with Crippen LogP contribution in [0.5, 0.6) is 0 Å². The van der Waals surface area contributed by atoms with Crippen molar-refractivity contribution in [1.82, 2.24) is 0 Å². The van der Waals surface area contributed by atoms with Crippen LogP contribution >= 0.6 is 0 Å². The summed E-state index contributed by atoms with van der Waals surface area (Å²) in [6.45, 7) is 1.63. The van der Waals surface area contributed by atoms with Crippen molar-refractivity contribution in [3.63, 3.8) is 0 Å². The van der Waals surface area contributed by atoms with Gasteiger partial charge in [0.2, 0.25) is 0 Å². The maximum absolute atomic E-state index is 13.1. The van der Waals surface area contributed by atoms with Gasteiger partial charge in [0, 0.05) is 23.1 Å². The molecule has 6 heteroatoms. The molecule has 0 spiro atoms. The van der Waals surface area contributed by atoms with Gasteiger partial charge >= 0.3 is 11.6 Å². The van der Waals surface area contributed by atoms with Gasteiger partial charge in [0.25, 0.3) is 0 Å². The second-order valence-corrected chi connectivity index (χ2v) is 5.32. The van der Waals surface area contributed by atoms with Gasteiger partial charge in [-0.1, -0.05) is 12.1 Å². The third kappa shape index (κ3) is 3.32. The van der Waals surface area contributed by atoms with Crippen LogP contribution in [0.15, 0.2) is 51.7 Å². The number of benzene rings is 2. The largest absolute Gasteiger partial charge is 0.457 e. The van der Waals surface area contributed by atoms with Crippen LogP contribution in [0.2, 0.25) is 0 Å². The molecular weight excluding hydrogens is 318 g/mol. The zero-order valence-corrected chi connectivity index (χ0v) is 12.6. The lowest BCUT2D eigenvalue weighted by Crippen LogP contribution is -2.08. The molecule has 2 aromatic carbocycles. The SMILES string of the molecule is Cc1ccc2c(COC(=O)c3cc(F)cc(F)c3)cc(=O)oc2c1. The minimum atomic E-state index is -0.887. The molecule has 0 amide bonds. The fourth-order valence-electron chi connectivity index (χ4n) is 2.35.